The van der Waals surface area contributed by atoms with Gasteiger partial charge in [-0.2, -0.15) is 0 Å². The minimum absolute atomic E-state index is 0.00357. The summed E-state index contributed by atoms with van der Waals surface area (Å²) in [6.45, 7) is 0.350. The maximum atomic E-state index is 12.8. The van der Waals surface area contributed by atoms with Crippen LogP contribution in [-0.2, 0) is 21.2 Å². The first-order valence-electron chi connectivity index (χ1n) is 9.36. The number of benzene rings is 2. The number of rotatable bonds is 9. The van der Waals surface area contributed by atoms with Gasteiger partial charge in [0.25, 0.3) is 0 Å². The lowest BCUT2D eigenvalue weighted by Gasteiger charge is -2.17. The van der Waals surface area contributed by atoms with E-state index in [9.17, 15) is 13.2 Å². The molecule has 4 N–H and O–H groups in total. The van der Waals surface area contributed by atoms with Crippen LogP contribution >= 0.6 is 0 Å². The Balaban J connectivity index is 1.85. The molecule has 3 aromatic rings. The van der Waals surface area contributed by atoms with E-state index < -0.39 is 16.1 Å². The van der Waals surface area contributed by atoms with Crippen LogP contribution in [0.2, 0.25) is 0 Å². The van der Waals surface area contributed by atoms with E-state index in [0.29, 0.717) is 30.6 Å². The minimum Gasteiger partial charge on any atom is -0.396 e. The SMILES string of the molecule is NS(=O)(=O)c1ccc(-c2cn(C(Cc3ccccc3)C(=O)NCCCO)nn2)cc1. The standard InChI is InChI=1S/C20H23N5O4S/c21-30(28,29)17-9-7-16(8-10-17)18-14-25(24-23-18)19(20(27)22-11-4-12-26)13-15-5-2-1-3-6-15/h1-3,5-10,14,19,26H,4,11-13H2,(H,22,27)(H2,21,28,29). The summed E-state index contributed by atoms with van der Waals surface area (Å²) in [5, 5.41) is 25.1. The molecule has 9 nitrogen and oxygen atoms in total. The second-order valence-electron chi connectivity index (χ2n) is 6.73. The third kappa shape index (κ3) is 5.50. The van der Waals surface area contributed by atoms with Crippen LogP contribution < -0.4 is 10.5 Å². The van der Waals surface area contributed by atoms with Gasteiger partial charge in [0.15, 0.2) is 0 Å². The number of primary sulfonamides is 1. The van der Waals surface area contributed by atoms with Gasteiger partial charge >= 0.3 is 0 Å². The van der Waals surface area contributed by atoms with Crippen LogP contribution in [-0.4, -0.2) is 47.6 Å². The van der Waals surface area contributed by atoms with Crippen molar-refractivity contribution in [2.75, 3.05) is 13.2 Å². The number of carbonyl (C=O) groups excluding carboxylic acids is 1. The number of nitrogens with two attached hydrogens (primary N) is 1. The zero-order chi connectivity index (χ0) is 21.6. The molecule has 1 unspecified atom stereocenters. The number of aliphatic hydroxyl groups excluding tert-OH is 1. The fourth-order valence-electron chi connectivity index (χ4n) is 2.93. The Morgan fingerprint density at radius 1 is 1.13 bits per heavy atom. The third-order valence-corrected chi connectivity index (χ3v) is 5.45. The highest BCUT2D eigenvalue weighted by Crippen LogP contribution is 2.21. The monoisotopic (exact) mass is 429 g/mol. The molecule has 0 spiro atoms. The molecular formula is C20H23N5O4S. The van der Waals surface area contributed by atoms with Crippen LogP contribution in [0.1, 0.15) is 18.0 Å². The summed E-state index contributed by atoms with van der Waals surface area (Å²) >= 11 is 0. The van der Waals surface area contributed by atoms with E-state index in [-0.39, 0.29) is 17.4 Å². The number of amides is 1. The number of sulfonamides is 1. The Hall–Kier alpha value is -3.08. The van der Waals surface area contributed by atoms with Crippen molar-refractivity contribution < 1.29 is 18.3 Å². The lowest BCUT2D eigenvalue weighted by atomic mass is 10.1. The molecule has 1 amide bonds. The average molecular weight is 430 g/mol. The van der Waals surface area contributed by atoms with Gasteiger partial charge in [-0.05, 0) is 24.1 Å². The smallest absolute Gasteiger partial charge is 0.245 e. The first kappa shape index (κ1) is 21.6. The van der Waals surface area contributed by atoms with E-state index in [2.05, 4.69) is 15.6 Å². The Kier molecular flexibility index (Phi) is 6.93. The molecule has 0 aliphatic carbocycles. The van der Waals surface area contributed by atoms with E-state index in [1.807, 2.05) is 30.3 Å². The largest absolute Gasteiger partial charge is 0.396 e. The number of nitrogens with one attached hydrogen (secondary N) is 1. The molecule has 1 aromatic heterocycles. The number of carbonyl (C=O) groups is 1. The minimum atomic E-state index is -3.78. The van der Waals surface area contributed by atoms with Crippen molar-refractivity contribution in [3.05, 3.63) is 66.4 Å². The van der Waals surface area contributed by atoms with Crippen molar-refractivity contribution in [1.82, 2.24) is 20.3 Å². The van der Waals surface area contributed by atoms with Gasteiger partial charge in [0.2, 0.25) is 15.9 Å². The van der Waals surface area contributed by atoms with Crippen LogP contribution in [0.25, 0.3) is 11.3 Å². The lowest BCUT2D eigenvalue weighted by Crippen LogP contribution is -2.35. The number of nitrogens with zero attached hydrogens (tertiary/aromatic N) is 3. The highest BCUT2D eigenvalue weighted by Gasteiger charge is 2.23. The Bertz CT molecular complexity index is 1080. The van der Waals surface area contributed by atoms with E-state index >= 15 is 0 Å². The van der Waals surface area contributed by atoms with E-state index in [1.165, 1.54) is 16.8 Å². The maximum absolute atomic E-state index is 12.8. The van der Waals surface area contributed by atoms with E-state index in [0.717, 1.165) is 5.56 Å². The summed E-state index contributed by atoms with van der Waals surface area (Å²) in [6.07, 6.45) is 2.52. The molecule has 0 radical (unpaired) electrons. The Morgan fingerprint density at radius 2 is 1.83 bits per heavy atom. The molecule has 3 rings (SSSR count). The maximum Gasteiger partial charge on any atom is 0.245 e. The zero-order valence-corrected chi connectivity index (χ0v) is 17.0. The molecule has 1 atom stereocenters. The summed E-state index contributed by atoms with van der Waals surface area (Å²) in [7, 11) is -3.78. The van der Waals surface area contributed by atoms with E-state index in [1.54, 1.807) is 18.3 Å². The number of hydrogen-bond donors (Lipinski definition) is 3. The number of aromatic nitrogens is 3. The normalized spacial score (nSPS) is 12.5. The molecule has 0 aliphatic heterocycles. The van der Waals surface area contributed by atoms with Crippen LogP contribution in [0.5, 0.6) is 0 Å². The van der Waals surface area contributed by atoms with Gasteiger partial charge in [-0.1, -0.05) is 47.7 Å². The fourth-order valence-corrected chi connectivity index (χ4v) is 3.44. The summed E-state index contributed by atoms with van der Waals surface area (Å²) in [6, 6.07) is 14.9. The second-order valence-corrected chi connectivity index (χ2v) is 8.29. The number of aliphatic hydroxyl groups is 1. The van der Waals surface area contributed by atoms with Gasteiger partial charge in [-0.3, -0.25) is 4.79 Å². The molecule has 158 valence electrons. The number of hydrogen-bond acceptors (Lipinski definition) is 6. The molecule has 0 bridgehead atoms. The van der Waals surface area contributed by atoms with Crippen molar-refractivity contribution in [3.63, 3.8) is 0 Å². The predicted molar refractivity (Wildman–Crippen MR) is 111 cm³/mol. The van der Waals surface area contributed by atoms with Crippen molar-refractivity contribution in [2.24, 2.45) is 5.14 Å². The van der Waals surface area contributed by atoms with Gasteiger partial charge in [-0.25, -0.2) is 18.2 Å². The van der Waals surface area contributed by atoms with Crippen LogP contribution in [0.15, 0.2) is 65.7 Å². The van der Waals surface area contributed by atoms with Crippen molar-refractivity contribution in [1.29, 1.82) is 0 Å². The quantitative estimate of drug-likeness (QED) is 0.431. The third-order valence-electron chi connectivity index (χ3n) is 4.52. The molecule has 0 saturated carbocycles. The fraction of sp³-hybridized carbons (Fsp3) is 0.250. The van der Waals surface area contributed by atoms with Gasteiger partial charge in [-0.15, -0.1) is 5.10 Å². The van der Waals surface area contributed by atoms with Crippen molar-refractivity contribution in [3.8, 4) is 11.3 Å². The topological polar surface area (TPSA) is 140 Å². The molecule has 30 heavy (non-hydrogen) atoms. The Labute approximate surface area is 174 Å². The first-order valence-corrected chi connectivity index (χ1v) is 10.9. The zero-order valence-electron chi connectivity index (χ0n) is 16.2. The molecule has 0 saturated heterocycles. The van der Waals surface area contributed by atoms with Crippen molar-refractivity contribution in [2.45, 2.75) is 23.8 Å². The molecule has 2 aromatic carbocycles. The molecule has 10 heteroatoms. The molecule has 0 fully saturated rings. The van der Waals surface area contributed by atoms with Gasteiger partial charge in [0, 0.05) is 25.1 Å². The predicted octanol–water partition coefficient (Wildman–Crippen LogP) is 0.875. The van der Waals surface area contributed by atoms with Crippen LogP contribution in [0, 0.1) is 0 Å². The van der Waals surface area contributed by atoms with Gasteiger partial charge in [0.05, 0.1) is 11.1 Å². The van der Waals surface area contributed by atoms with Gasteiger partial charge in [0.1, 0.15) is 11.7 Å². The van der Waals surface area contributed by atoms with E-state index in [4.69, 9.17) is 10.2 Å². The van der Waals surface area contributed by atoms with Crippen molar-refractivity contribution >= 4 is 15.9 Å². The summed E-state index contributed by atoms with van der Waals surface area (Å²) < 4.78 is 24.3. The van der Waals surface area contributed by atoms with Gasteiger partial charge < -0.3 is 10.4 Å². The molecule has 0 aliphatic rings. The van der Waals surface area contributed by atoms with Crippen LogP contribution in [0.3, 0.4) is 0 Å². The highest BCUT2D eigenvalue weighted by atomic mass is 32.2. The summed E-state index contributed by atoms with van der Waals surface area (Å²) in [4.78, 5) is 12.8. The first-order chi connectivity index (χ1) is 14.4. The summed E-state index contributed by atoms with van der Waals surface area (Å²) in [5.74, 6) is -0.228. The molecular weight excluding hydrogens is 406 g/mol. The summed E-state index contributed by atoms with van der Waals surface area (Å²) in [5.41, 5.74) is 2.11. The average Bonchev–Trinajstić information content (AvgIpc) is 3.22. The van der Waals surface area contributed by atoms with Crippen LogP contribution in [0.4, 0.5) is 0 Å². The lowest BCUT2D eigenvalue weighted by molar-refractivity contribution is -0.124. The second kappa shape index (κ2) is 9.61. The molecule has 1 heterocycles. The Morgan fingerprint density at radius 3 is 2.47 bits per heavy atom. The highest BCUT2D eigenvalue weighted by molar-refractivity contribution is 7.89.